The van der Waals surface area contributed by atoms with Crippen molar-refractivity contribution in [2.24, 2.45) is 0 Å². The summed E-state index contributed by atoms with van der Waals surface area (Å²) >= 11 is 3.52. The molecule has 0 saturated heterocycles. The molecule has 0 saturated carbocycles. The molecule has 1 unspecified atom stereocenters. The number of benzene rings is 2. The highest BCUT2D eigenvalue weighted by Crippen LogP contribution is 2.34. The first-order chi connectivity index (χ1) is 8.93. The molecule has 0 bridgehead atoms. The number of aliphatic hydroxyl groups excluding tert-OH is 1. The van der Waals surface area contributed by atoms with E-state index >= 15 is 0 Å². The largest absolute Gasteiger partial charge is 0.384 e. The fourth-order valence-corrected chi connectivity index (χ4v) is 3.01. The Morgan fingerprint density at radius 2 is 1.47 bits per heavy atom. The highest BCUT2D eigenvalue weighted by atomic mass is 79.9. The van der Waals surface area contributed by atoms with Crippen molar-refractivity contribution in [3.8, 4) is 0 Å². The Labute approximate surface area is 123 Å². The van der Waals surface area contributed by atoms with E-state index in [-0.39, 0.29) is 0 Å². The van der Waals surface area contributed by atoms with Crippen molar-refractivity contribution in [2.75, 3.05) is 0 Å². The second-order valence-electron chi connectivity index (χ2n) is 5.10. The van der Waals surface area contributed by atoms with Gasteiger partial charge in [0.05, 0.1) is 0 Å². The minimum absolute atomic E-state index is 0.589. The Balaban J connectivity index is 2.63. The molecule has 2 rings (SSSR count). The first-order valence-electron chi connectivity index (χ1n) is 6.43. The molecule has 2 aromatic carbocycles. The van der Waals surface area contributed by atoms with Crippen LogP contribution in [0, 0.1) is 27.7 Å². The van der Waals surface area contributed by atoms with Gasteiger partial charge in [0.25, 0.3) is 0 Å². The summed E-state index contributed by atoms with van der Waals surface area (Å²) < 4.78 is 0.945. The van der Waals surface area contributed by atoms with Gasteiger partial charge >= 0.3 is 0 Å². The monoisotopic (exact) mass is 318 g/mol. The quantitative estimate of drug-likeness (QED) is 0.846. The van der Waals surface area contributed by atoms with Crippen LogP contribution in [0.1, 0.15) is 39.5 Å². The van der Waals surface area contributed by atoms with E-state index < -0.39 is 6.10 Å². The lowest BCUT2D eigenvalue weighted by atomic mass is 9.88. The minimum atomic E-state index is -0.589. The van der Waals surface area contributed by atoms with Crippen molar-refractivity contribution in [2.45, 2.75) is 33.8 Å². The van der Waals surface area contributed by atoms with Gasteiger partial charge in [-0.15, -0.1) is 0 Å². The van der Waals surface area contributed by atoms with Gasteiger partial charge in [0, 0.05) is 4.47 Å². The molecule has 2 aromatic rings. The SMILES string of the molecule is Cc1cc(C)c(C)c(C(O)c2ccccc2Br)c1C. The molecule has 1 atom stereocenters. The predicted octanol–water partition coefficient (Wildman–Crippen LogP) is 4.76. The van der Waals surface area contributed by atoms with Crippen molar-refractivity contribution in [1.82, 2.24) is 0 Å². The van der Waals surface area contributed by atoms with Gasteiger partial charge in [0.2, 0.25) is 0 Å². The van der Waals surface area contributed by atoms with Crippen molar-refractivity contribution in [3.63, 3.8) is 0 Å². The normalized spacial score (nSPS) is 12.5. The molecule has 0 radical (unpaired) electrons. The second-order valence-corrected chi connectivity index (χ2v) is 5.95. The average Bonchev–Trinajstić information content (AvgIpc) is 2.37. The average molecular weight is 319 g/mol. The van der Waals surface area contributed by atoms with Gasteiger partial charge in [0.1, 0.15) is 6.10 Å². The molecule has 0 fully saturated rings. The minimum Gasteiger partial charge on any atom is -0.384 e. The molecule has 0 aromatic heterocycles. The first kappa shape index (κ1) is 14.3. The van der Waals surface area contributed by atoms with Gasteiger partial charge in [-0.05, 0) is 67.1 Å². The Morgan fingerprint density at radius 3 is 2.00 bits per heavy atom. The molecule has 0 aliphatic heterocycles. The third kappa shape index (κ3) is 2.60. The maximum atomic E-state index is 10.8. The third-order valence-corrected chi connectivity index (χ3v) is 4.62. The maximum absolute atomic E-state index is 10.8. The Hall–Kier alpha value is -1.12. The molecule has 19 heavy (non-hydrogen) atoms. The number of halogens is 1. The van der Waals surface area contributed by atoms with Crippen LogP contribution in [0.15, 0.2) is 34.8 Å². The van der Waals surface area contributed by atoms with E-state index in [9.17, 15) is 5.11 Å². The van der Waals surface area contributed by atoms with Crippen LogP contribution < -0.4 is 0 Å². The first-order valence-corrected chi connectivity index (χ1v) is 7.22. The summed E-state index contributed by atoms with van der Waals surface area (Å²) in [4.78, 5) is 0. The molecule has 0 amide bonds. The molecule has 2 heteroatoms. The molecule has 100 valence electrons. The summed E-state index contributed by atoms with van der Waals surface area (Å²) in [6.07, 6.45) is -0.589. The van der Waals surface area contributed by atoms with Gasteiger partial charge < -0.3 is 5.11 Å². The molecule has 0 heterocycles. The molecule has 0 aliphatic carbocycles. The van der Waals surface area contributed by atoms with E-state index in [2.05, 4.69) is 49.7 Å². The lowest BCUT2D eigenvalue weighted by molar-refractivity contribution is 0.218. The molecular weight excluding hydrogens is 300 g/mol. The summed E-state index contributed by atoms with van der Waals surface area (Å²) in [7, 11) is 0. The zero-order valence-corrected chi connectivity index (χ0v) is 13.4. The fraction of sp³-hybridized carbons (Fsp3) is 0.294. The molecule has 0 spiro atoms. The van der Waals surface area contributed by atoms with Crippen LogP contribution in [0.3, 0.4) is 0 Å². The van der Waals surface area contributed by atoms with E-state index in [1.54, 1.807) is 0 Å². The van der Waals surface area contributed by atoms with Gasteiger partial charge in [-0.2, -0.15) is 0 Å². The summed E-state index contributed by atoms with van der Waals surface area (Å²) in [6, 6.07) is 10.0. The zero-order chi connectivity index (χ0) is 14.2. The van der Waals surface area contributed by atoms with Crippen LogP contribution in [0.4, 0.5) is 0 Å². The van der Waals surface area contributed by atoms with Gasteiger partial charge in [-0.1, -0.05) is 40.2 Å². The number of hydrogen-bond donors (Lipinski definition) is 1. The van der Waals surface area contributed by atoms with Crippen LogP contribution in [-0.4, -0.2) is 5.11 Å². The topological polar surface area (TPSA) is 20.2 Å². The van der Waals surface area contributed by atoms with Crippen LogP contribution in [0.2, 0.25) is 0 Å². The molecule has 1 N–H and O–H groups in total. The Kier molecular flexibility index (Phi) is 4.12. The maximum Gasteiger partial charge on any atom is 0.106 e. The van der Waals surface area contributed by atoms with E-state index in [4.69, 9.17) is 0 Å². The van der Waals surface area contributed by atoms with Crippen LogP contribution in [0.5, 0.6) is 0 Å². The van der Waals surface area contributed by atoms with Crippen molar-refractivity contribution in [3.05, 3.63) is 68.2 Å². The molecular formula is C17H19BrO. The van der Waals surface area contributed by atoms with E-state index in [1.165, 1.54) is 22.3 Å². The Bertz CT molecular complexity index is 591. The standard InChI is InChI=1S/C17H19BrO/c1-10-9-11(2)13(4)16(12(10)3)17(19)14-7-5-6-8-15(14)18/h5-9,17,19H,1-4H3. The van der Waals surface area contributed by atoms with Crippen molar-refractivity contribution in [1.29, 1.82) is 0 Å². The summed E-state index contributed by atoms with van der Waals surface area (Å²) in [6.45, 7) is 8.35. The number of aliphatic hydroxyl groups is 1. The highest BCUT2D eigenvalue weighted by molar-refractivity contribution is 9.10. The third-order valence-electron chi connectivity index (χ3n) is 3.90. The van der Waals surface area contributed by atoms with Gasteiger partial charge in [-0.25, -0.2) is 0 Å². The van der Waals surface area contributed by atoms with Crippen LogP contribution in [0.25, 0.3) is 0 Å². The lowest BCUT2D eigenvalue weighted by Gasteiger charge is -2.21. The number of rotatable bonds is 2. The molecule has 1 nitrogen and oxygen atoms in total. The Morgan fingerprint density at radius 1 is 0.947 bits per heavy atom. The highest BCUT2D eigenvalue weighted by Gasteiger charge is 2.19. The van der Waals surface area contributed by atoms with Gasteiger partial charge in [-0.3, -0.25) is 0 Å². The van der Waals surface area contributed by atoms with E-state index in [0.717, 1.165) is 15.6 Å². The van der Waals surface area contributed by atoms with Crippen molar-refractivity contribution < 1.29 is 5.11 Å². The second kappa shape index (κ2) is 5.48. The van der Waals surface area contributed by atoms with Crippen LogP contribution in [-0.2, 0) is 0 Å². The number of hydrogen-bond acceptors (Lipinski definition) is 1. The van der Waals surface area contributed by atoms with Gasteiger partial charge in [0.15, 0.2) is 0 Å². The zero-order valence-electron chi connectivity index (χ0n) is 11.8. The van der Waals surface area contributed by atoms with Crippen LogP contribution >= 0.6 is 15.9 Å². The predicted molar refractivity (Wildman–Crippen MR) is 83.6 cm³/mol. The fourth-order valence-electron chi connectivity index (χ4n) is 2.51. The lowest BCUT2D eigenvalue weighted by Crippen LogP contribution is -2.08. The summed E-state index contributed by atoms with van der Waals surface area (Å²) in [5, 5.41) is 10.8. The molecule has 0 aliphatic rings. The van der Waals surface area contributed by atoms with E-state index in [0.29, 0.717) is 0 Å². The van der Waals surface area contributed by atoms with E-state index in [1.807, 2.05) is 24.3 Å². The summed E-state index contributed by atoms with van der Waals surface area (Å²) in [5.41, 5.74) is 6.74. The smallest absolute Gasteiger partial charge is 0.106 e. The van der Waals surface area contributed by atoms with Crippen molar-refractivity contribution >= 4 is 15.9 Å². The number of aryl methyl sites for hydroxylation is 2. The summed E-state index contributed by atoms with van der Waals surface area (Å²) in [5.74, 6) is 0.